The number of nitrogens with zero attached hydrogens (tertiary/aromatic N) is 2. The van der Waals surface area contributed by atoms with Crippen LogP contribution in [-0.2, 0) is 11.8 Å². The van der Waals surface area contributed by atoms with Crippen LogP contribution in [-0.4, -0.2) is 53.6 Å². The third-order valence-electron chi connectivity index (χ3n) is 6.49. The summed E-state index contributed by atoms with van der Waals surface area (Å²) in [6.45, 7) is 6.92. The van der Waals surface area contributed by atoms with Gasteiger partial charge in [-0.15, -0.1) is 11.3 Å². The summed E-state index contributed by atoms with van der Waals surface area (Å²) in [6, 6.07) is 7.32. The number of fused-ring (bicyclic) bond motifs is 1. The number of thiazole rings is 1. The number of hydrogen-bond donors (Lipinski definition) is 3. The molecular weight excluding hydrogens is 382 g/mol. The van der Waals surface area contributed by atoms with Crippen LogP contribution < -0.4 is 10.2 Å². The van der Waals surface area contributed by atoms with Gasteiger partial charge in [0.15, 0.2) is 5.13 Å². The number of aromatic nitrogens is 1. The Bertz CT molecular complexity index is 827. The predicted octanol–water partition coefficient (Wildman–Crippen LogP) is 3.34. The minimum absolute atomic E-state index is 0.187. The first-order chi connectivity index (χ1) is 14.0. The molecule has 0 spiro atoms. The molecular formula is C23H33N3O2S. The van der Waals surface area contributed by atoms with E-state index in [0.717, 1.165) is 36.8 Å². The molecule has 0 bridgehead atoms. The maximum absolute atomic E-state index is 9.50. The van der Waals surface area contributed by atoms with Crippen molar-refractivity contribution in [3.63, 3.8) is 0 Å². The van der Waals surface area contributed by atoms with Gasteiger partial charge < -0.3 is 20.4 Å². The molecule has 1 aromatic heterocycles. The molecule has 1 unspecified atom stereocenters. The molecule has 1 saturated heterocycles. The molecule has 0 amide bonds. The highest BCUT2D eigenvalue weighted by atomic mass is 32.1. The van der Waals surface area contributed by atoms with Crippen LogP contribution in [0.1, 0.15) is 50.7 Å². The van der Waals surface area contributed by atoms with Gasteiger partial charge >= 0.3 is 0 Å². The van der Waals surface area contributed by atoms with E-state index in [-0.39, 0.29) is 12.0 Å². The Labute approximate surface area is 177 Å². The third kappa shape index (κ3) is 4.66. The summed E-state index contributed by atoms with van der Waals surface area (Å²) in [4.78, 5) is 7.32. The van der Waals surface area contributed by atoms with Crippen LogP contribution in [0.5, 0.6) is 0 Å². The standard InChI is InChI=1S/C23H33N3O2S/c1-23(2)9-3-4-16-12-17(5-6-20(16)23)21-15-29-22(25-21)26-10-7-18(8-11-26)24-13-19(28)14-27/h5-6,12,15,18-19,24,27-28H,3-4,7-11,13-14H2,1-2H3. The highest BCUT2D eigenvalue weighted by Crippen LogP contribution is 2.39. The Hall–Kier alpha value is -1.47. The number of aryl methyl sites for hydroxylation is 1. The van der Waals surface area contributed by atoms with Gasteiger partial charge in [0.25, 0.3) is 0 Å². The Morgan fingerprint density at radius 1 is 1.31 bits per heavy atom. The lowest BCUT2D eigenvalue weighted by Crippen LogP contribution is -2.45. The first-order valence-corrected chi connectivity index (χ1v) is 11.7. The number of benzene rings is 1. The lowest BCUT2D eigenvalue weighted by atomic mass is 9.72. The summed E-state index contributed by atoms with van der Waals surface area (Å²) in [5, 5.41) is 25.1. The Morgan fingerprint density at radius 3 is 2.86 bits per heavy atom. The number of aliphatic hydroxyl groups is 2. The highest BCUT2D eigenvalue weighted by Gasteiger charge is 2.27. The smallest absolute Gasteiger partial charge is 0.185 e. The zero-order chi connectivity index (χ0) is 20.4. The van der Waals surface area contributed by atoms with E-state index < -0.39 is 6.10 Å². The normalized spacial score (nSPS) is 20.5. The molecule has 3 N–H and O–H groups in total. The summed E-state index contributed by atoms with van der Waals surface area (Å²) in [5.41, 5.74) is 5.60. The summed E-state index contributed by atoms with van der Waals surface area (Å²) in [5.74, 6) is 0. The lowest BCUT2D eigenvalue weighted by molar-refractivity contribution is 0.0909. The minimum atomic E-state index is -0.670. The Kier molecular flexibility index (Phi) is 6.25. The first kappa shape index (κ1) is 20.8. The fourth-order valence-electron chi connectivity index (χ4n) is 4.66. The maximum atomic E-state index is 9.50. The largest absolute Gasteiger partial charge is 0.394 e. The second-order valence-corrected chi connectivity index (χ2v) is 9.97. The minimum Gasteiger partial charge on any atom is -0.394 e. The van der Waals surface area contributed by atoms with Crippen molar-refractivity contribution in [2.24, 2.45) is 0 Å². The van der Waals surface area contributed by atoms with Crippen molar-refractivity contribution in [1.82, 2.24) is 10.3 Å². The van der Waals surface area contributed by atoms with Crippen molar-refractivity contribution in [3.8, 4) is 11.3 Å². The van der Waals surface area contributed by atoms with Gasteiger partial charge in [-0.05, 0) is 54.7 Å². The van der Waals surface area contributed by atoms with Crippen molar-refractivity contribution in [2.45, 2.75) is 63.5 Å². The van der Waals surface area contributed by atoms with E-state index in [1.807, 2.05) is 0 Å². The van der Waals surface area contributed by atoms with Crippen molar-refractivity contribution in [3.05, 3.63) is 34.7 Å². The van der Waals surface area contributed by atoms with Crippen molar-refractivity contribution in [1.29, 1.82) is 0 Å². The average molecular weight is 416 g/mol. The molecule has 1 fully saturated rings. The number of nitrogens with one attached hydrogen (secondary N) is 1. The molecule has 6 heteroatoms. The average Bonchev–Trinajstić information content (AvgIpc) is 3.22. The first-order valence-electron chi connectivity index (χ1n) is 10.8. The maximum Gasteiger partial charge on any atom is 0.185 e. The SMILES string of the molecule is CC1(C)CCCc2cc(-c3csc(N4CCC(NCC(O)CO)CC4)n3)ccc21. The van der Waals surface area contributed by atoms with Crippen molar-refractivity contribution >= 4 is 16.5 Å². The molecule has 2 heterocycles. The van der Waals surface area contributed by atoms with E-state index in [0.29, 0.717) is 12.6 Å². The molecule has 0 radical (unpaired) electrons. The number of rotatable bonds is 6. The molecule has 2 aliphatic rings. The van der Waals surface area contributed by atoms with E-state index >= 15 is 0 Å². The number of piperidine rings is 1. The van der Waals surface area contributed by atoms with Crippen LogP contribution in [0.2, 0.25) is 0 Å². The van der Waals surface area contributed by atoms with Gasteiger partial charge in [-0.25, -0.2) is 4.98 Å². The topological polar surface area (TPSA) is 68.6 Å². The van der Waals surface area contributed by atoms with Gasteiger partial charge in [-0.3, -0.25) is 0 Å². The van der Waals surface area contributed by atoms with Crippen LogP contribution >= 0.6 is 11.3 Å². The number of hydrogen-bond acceptors (Lipinski definition) is 6. The van der Waals surface area contributed by atoms with Crippen LogP contribution in [0, 0.1) is 0 Å². The van der Waals surface area contributed by atoms with E-state index in [2.05, 4.69) is 47.6 Å². The summed E-state index contributed by atoms with van der Waals surface area (Å²) in [7, 11) is 0. The molecule has 29 heavy (non-hydrogen) atoms. The molecule has 2 aromatic rings. The van der Waals surface area contributed by atoms with Gasteiger partial charge in [-0.2, -0.15) is 0 Å². The second-order valence-electron chi connectivity index (χ2n) is 9.13. The molecule has 1 aromatic carbocycles. The second kappa shape index (κ2) is 8.72. The quantitative estimate of drug-likeness (QED) is 0.675. The number of aliphatic hydroxyl groups excluding tert-OH is 2. The zero-order valence-electron chi connectivity index (χ0n) is 17.5. The Morgan fingerprint density at radius 2 is 2.10 bits per heavy atom. The molecule has 1 aliphatic carbocycles. The molecule has 5 nitrogen and oxygen atoms in total. The van der Waals surface area contributed by atoms with E-state index in [4.69, 9.17) is 10.1 Å². The van der Waals surface area contributed by atoms with E-state index in [1.54, 1.807) is 11.3 Å². The van der Waals surface area contributed by atoms with Crippen LogP contribution in [0.25, 0.3) is 11.3 Å². The van der Waals surface area contributed by atoms with E-state index in [1.165, 1.54) is 36.0 Å². The zero-order valence-corrected chi connectivity index (χ0v) is 18.3. The molecule has 1 aliphatic heterocycles. The number of anilines is 1. The van der Waals surface area contributed by atoms with Gasteiger partial charge in [0.1, 0.15) is 0 Å². The van der Waals surface area contributed by atoms with Gasteiger partial charge in [0.05, 0.1) is 18.4 Å². The Balaban J connectivity index is 1.40. The van der Waals surface area contributed by atoms with Crippen LogP contribution in [0.3, 0.4) is 0 Å². The summed E-state index contributed by atoms with van der Waals surface area (Å²) in [6.07, 6.45) is 5.10. The van der Waals surface area contributed by atoms with Crippen LogP contribution in [0.15, 0.2) is 23.6 Å². The molecule has 4 rings (SSSR count). The molecule has 1 atom stereocenters. The van der Waals surface area contributed by atoms with Gasteiger partial charge in [0, 0.05) is 36.6 Å². The van der Waals surface area contributed by atoms with Crippen molar-refractivity contribution < 1.29 is 10.2 Å². The highest BCUT2D eigenvalue weighted by molar-refractivity contribution is 7.14. The fourth-order valence-corrected chi connectivity index (χ4v) is 5.55. The van der Waals surface area contributed by atoms with Crippen LogP contribution in [0.4, 0.5) is 5.13 Å². The summed E-state index contributed by atoms with van der Waals surface area (Å²) >= 11 is 1.73. The summed E-state index contributed by atoms with van der Waals surface area (Å²) < 4.78 is 0. The third-order valence-corrected chi connectivity index (χ3v) is 7.39. The monoisotopic (exact) mass is 415 g/mol. The van der Waals surface area contributed by atoms with E-state index in [9.17, 15) is 5.11 Å². The lowest BCUT2D eigenvalue weighted by Gasteiger charge is -2.33. The molecule has 158 valence electrons. The molecule has 0 saturated carbocycles. The van der Waals surface area contributed by atoms with Gasteiger partial charge in [0.2, 0.25) is 0 Å². The van der Waals surface area contributed by atoms with Crippen molar-refractivity contribution in [2.75, 3.05) is 31.1 Å². The fraction of sp³-hybridized carbons (Fsp3) is 0.609. The predicted molar refractivity (Wildman–Crippen MR) is 120 cm³/mol. The van der Waals surface area contributed by atoms with Gasteiger partial charge in [-0.1, -0.05) is 26.0 Å².